The first-order valence-corrected chi connectivity index (χ1v) is 10.8. The van der Waals surface area contributed by atoms with Crippen molar-refractivity contribution in [2.45, 2.75) is 22.9 Å². The molecule has 1 atom stereocenters. The summed E-state index contributed by atoms with van der Waals surface area (Å²) in [5.41, 5.74) is 0.648. The molecule has 4 rings (SSSR count). The molecule has 2 aromatic rings. The third-order valence-electron chi connectivity index (χ3n) is 4.64. The van der Waals surface area contributed by atoms with E-state index in [0.29, 0.717) is 36.6 Å². The Kier molecular flexibility index (Phi) is 4.64. The summed E-state index contributed by atoms with van der Waals surface area (Å²) in [6, 6.07) is 9.50. The fourth-order valence-electron chi connectivity index (χ4n) is 3.26. The van der Waals surface area contributed by atoms with Crippen molar-refractivity contribution < 1.29 is 26.3 Å². The number of rotatable bonds is 3. The van der Waals surface area contributed by atoms with Gasteiger partial charge in [0.1, 0.15) is 5.75 Å². The van der Waals surface area contributed by atoms with Crippen molar-refractivity contribution in [1.82, 2.24) is 4.31 Å². The molecule has 0 spiro atoms. The molecule has 2 aliphatic heterocycles. The van der Waals surface area contributed by atoms with Gasteiger partial charge in [0.05, 0.1) is 22.4 Å². The minimum absolute atomic E-state index is 0.186. The van der Waals surface area contributed by atoms with E-state index in [0.717, 1.165) is 17.7 Å². The van der Waals surface area contributed by atoms with Gasteiger partial charge in [-0.05, 0) is 41.5 Å². The van der Waals surface area contributed by atoms with Crippen molar-refractivity contribution in [2.24, 2.45) is 0 Å². The molecule has 2 aliphatic rings. The Morgan fingerprint density at radius 3 is 2.56 bits per heavy atom. The highest BCUT2D eigenvalue weighted by molar-refractivity contribution is 8.01. The van der Waals surface area contributed by atoms with Crippen molar-refractivity contribution in [2.75, 3.05) is 18.9 Å². The lowest BCUT2D eigenvalue weighted by atomic mass is 10.1. The van der Waals surface area contributed by atoms with E-state index in [4.69, 9.17) is 4.74 Å². The van der Waals surface area contributed by atoms with Gasteiger partial charge in [-0.1, -0.05) is 12.1 Å². The Morgan fingerprint density at radius 1 is 1.11 bits per heavy atom. The maximum atomic E-state index is 13.1. The first kappa shape index (κ1) is 18.6. The quantitative estimate of drug-likeness (QED) is 0.758. The van der Waals surface area contributed by atoms with Crippen LogP contribution < -0.4 is 4.74 Å². The number of fused-ring (bicyclic) bond motifs is 1. The lowest BCUT2D eigenvalue weighted by Gasteiger charge is -2.24. The Hall–Kier alpha value is -1.71. The molecule has 1 fully saturated rings. The van der Waals surface area contributed by atoms with Crippen LogP contribution in [0.2, 0.25) is 0 Å². The molecule has 0 aliphatic carbocycles. The van der Waals surface area contributed by atoms with Crippen molar-refractivity contribution >= 4 is 21.8 Å². The zero-order valence-electron chi connectivity index (χ0n) is 14.1. The highest BCUT2D eigenvalue weighted by atomic mass is 32.2. The van der Waals surface area contributed by atoms with E-state index in [1.807, 2.05) is 0 Å². The molecule has 2 aromatic carbocycles. The normalized spacial score (nSPS) is 20.5. The van der Waals surface area contributed by atoms with Crippen molar-refractivity contribution in [3.63, 3.8) is 0 Å². The second kappa shape index (κ2) is 6.72. The molecule has 144 valence electrons. The van der Waals surface area contributed by atoms with Crippen LogP contribution >= 0.6 is 11.8 Å². The van der Waals surface area contributed by atoms with Gasteiger partial charge in [-0.15, -0.1) is 11.8 Å². The highest BCUT2D eigenvalue weighted by Crippen LogP contribution is 2.42. The number of nitrogens with zero attached hydrogens (tertiary/aromatic N) is 1. The summed E-state index contributed by atoms with van der Waals surface area (Å²) < 4.78 is 71.4. The number of sulfonamides is 1. The highest BCUT2D eigenvalue weighted by Gasteiger charge is 2.38. The summed E-state index contributed by atoms with van der Waals surface area (Å²) in [6.07, 6.45) is -3.75. The van der Waals surface area contributed by atoms with Crippen LogP contribution in [-0.4, -0.2) is 31.6 Å². The van der Waals surface area contributed by atoms with Gasteiger partial charge in [0, 0.05) is 18.7 Å². The molecular formula is C18H16F3NO3S2. The molecular weight excluding hydrogens is 399 g/mol. The van der Waals surface area contributed by atoms with Crippen LogP contribution in [0, 0.1) is 0 Å². The van der Waals surface area contributed by atoms with Gasteiger partial charge in [0.15, 0.2) is 0 Å². The minimum atomic E-state index is -4.42. The van der Waals surface area contributed by atoms with Crippen molar-refractivity contribution in [1.29, 1.82) is 0 Å². The molecule has 0 amide bonds. The monoisotopic (exact) mass is 415 g/mol. The number of ether oxygens (including phenoxy) is 1. The molecule has 27 heavy (non-hydrogen) atoms. The van der Waals surface area contributed by atoms with Crippen LogP contribution in [0.5, 0.6) is 5.75 Å². The average Bonchev–Trinajstić information content (AvgIpc) is 3.30. The van der Waals surface area contributed by atoms with Crippen LogP contribution in [0.15, 0.2) is 47.4 Å². The first-order chi connectivity index (χ1) is 12.8. The molecule has 2 heterocycles. The Morgan fingerprint density at radius 2 is 1.85 bits per heavy atom. The number of benzene rings is 2. The Balaban J connectivity index is 1.64. The molecule has 0 bridgehead atoms. The van der Waals surface area contributed by atoms with Gasteiger partial charge in [-0.3, -0.25) is 0 Å². The zero-order chi connectivity index (χ0) is 19.2. The molecule has 0 radical (unpaired) electrons. The van der Waals surface area contributed by atoms with Gasteiger partial charge < -0.3 is 4.74 Å². The van der Waals surface area contributed by atoms with E-state index < -0.39 is 27.1 Å². The smallest absolute Gasteiger partial charge is 0.416 e. The van der Waals surface area contributed by atoms with E-state index in [2.05, 4.69) is 0 Å². The summed E-state index contributed by atoms with van der Waals surface area (Å²) in [5, 5.41) is -0.540. The van der Waals surface area contributed by atoms with Gasteiger partial charge >= 0.3 is 6.18 Å². The molecule has 0 saturated carbocycles. The van der Waals surface area contributed by atoms with Crippen LogP contribution in [0.1, 0.15) is 22.1 Å². The third kappa shape index (κ3) is 3.43. The largest absolute Gasteiger partial charge is 0.493 e. The summed E-state index contributed by atoms with van der Waals surface area (Å²) in [5.74, 6) is 1.28. The van der Waals surface area contributed by atoms with E-state index in [1.165, 1.54) is 34.3 Å². The van der Waals surface area contributed by atoms with Crippen LogP contribution in [0.3, 0.4) is 0 Å². The molecule has 9 heteroatoms. The predicted molar refractivity (Wildman–Crippen MR) is 96.2 cm³/mol. The fourth-order valence-corrected chi connectivity index (χ4v) is 6.55. The second-order valence-electron chi connectivity index (χ2n) is 6.33. The standard InChI is InChI=1S/C18H16F3NO3S2/c19-18(20,21)14-3-1-12(2-4-14)17-22(8-10-26-17)27(23,24)15-5-6-16-13(11-15)7-9-25-16/h1-6,11,17H,7-10H2. The second-order valence-corrected chi connectivity index (χ2v) is 9.41. The van der Waals surface area contributed by atoms with Crippen molar-refractivity contribution in [3.05, 3.63) is 59.2 Å². The molecule has 4 nitrogen and oxygen atoms in total. The molecule has 0 aromatic heterocycles. The summed E-state index contributed by atoms with van der Waals surface area (Å²) >= 11 is 1.40. The molecule has 1 unspecified atom stereocenters. The fraction of sp³-hybridized carbons (Fsp3) is 0.333. The molecule has 1 saturated heterocycles. The predicted octanol–water partition coefficient (Wildman–Crippen LogP) is 4.08. The zero-order valence-corrected chi connectivity index (χ0v) is 15.7. The van der Waals surface area contributed by atoms with Gasteiger partial charge in [-0.25, -0.2) is 8.42 Å². The van der Waals surface area contributed by atoms with Gasteiger partial charge in [0.25, 0.3) is 0 Å². The average molecular weight is 415 g/mol. The SMILES string of the molecule is O=S(=O)(c1ccc2c(c1)CCO2)N1CCSC1c1ccc(C(F)(F)F)cc1. The van der Waals surface area contributed by atoms with E-state index in [9.17, 15) is 21.6 Å². The van der Waals surface area contributed by atoms with E-state index in [1.54, 1.807) is 12.1 Å². The number of alkyl halides is 3. The molecule has 0 N–H and O–H groups in total. The van der Waals surface area contributed by atoms with Crippen LogP contribution in [0.25, 0.3) is 0 Å². The lowest BCUT2D eigenvalue weighted by Crippen LogP contribution is -2.30. The summed E-state index contributed by atoms with van der Waals surface area (Å²) in [4.78, 5) is 0.186. The minimum Gasteiger partial charge on any atom is -0.493 e. The van der Waals surface area contributed by atoms with Crippen molar-refractivity contribution in [3.8, 4) is 5.75 Å². The van der Waals surface area contributed by atoms with Gasteiger partial charge in [0.2, 0.25) is 10.0 Å². The Bertz CT molecular complexity index is 959. The van der Waals surface area contributed by atoms with Gasteiger partial charge in [-0.2, -0.15) is 17.5 Å². The van der Waals surface area contributed by atoms with E-state index in [-0.39, 0.29) is 4.90 Å². The summed E-state index contributed by atoms with van der Waals surface area (Å²) in [7, 11) is -3.76. The van der Waals surface area contributed by atoms with Crippen LogP contribution in [0.4, 0.5) is 13.2 Å². The Labute approximate surface area is 159 Å². The number of hydrogen-bond acceptors (Lipinski definition) is 4. The maximum absolute atomic E-state index is 13.1. The maximum Gasteiger partial charge on any atom is 0.416 e. The third-order valence-corrected chi connectivity index (χ3v) is 7.89. The first-order valence-electron chi connectivity index (χ1n) is 8.33. The van der Waals surface area contributed by atoms with Crippen LogP contribution in [-0.2, 0) is 22.6 Å². The topological polar surface area (TPSA) is 46.6 Å². The number of thioether (sulfide) groups is 1. The van der Waals surface area contributed by atoms with E-state index >= 15 is 0 Å². The lowest BCUT2D eigenvalue weighted by molar-refractivity contribution is -0.137. The number of hydrogen-bond donors (Lipinski definition) is 0. The summed E-state index contributed by atoms with van der Waals surface area (Å²) in [6.45, 7) is 0.846. The number of halogens is 3.